The fraction of sp³-hybridized carbons (Fsp3) is 0.357. The summed E-state index contributed by atoms with van der Waals surface area (Å²) in [4.78, 5) is 53.3. The molecule has 3 rings (SSSR count). The molecule has 1 unspecified atom stereocenters. The van der Waals surface area contributed by atoms with E-state index in [0.29, 0.717) is 0 Å². The molecule has 142 valence electrons. The highest BCUT2D eigenvalue weighted by Gasteiger charge is 2.53. The summed E-state index contributed by atoms with van der Waals surface area (Å²) >= 11 is 0. The van der Waals surface area contributed by atoms with E-state index in [1.807, 2.05) is 4.98 Å². The van der Waals surface area contributed by atoms with Crippen LogP contribution in [-0.4, -0.2) is 86.5 Å². The molecule has 3 heterocycles. The van der Waals surface area contributed by atoms with Crippen molar-refractivity contribution in [3.05, 3.63) is 26.4 Å². The molecule has 1 aromatic heterocycles. The van der Waals surface area contributed by atoms with Crippen LogP contribution in [0.5, 0.6) is 5.88 Å². The van der Waals surface area contributed by atoms with E-state index in [9.17, 15) is 24.3 Å². The van der Waals surface area contributed by atoms with Crippen molar-refractivity contribution in [2.75, 3.05) is 21.1 Å². The predicted molar refractivity (Wildman–Crippen MR) is 94.3 cm³/mol. The van der Waals surface area contributed by atoms with E-state index in [1.54, 1.807) is 7.05 Å². The van der Waals surface area contributed by atoms with Gasteiger partial charge in [0.1, 0.15) is 5.56 Å². The standard InChI is InChI=1S/C14H16N8O5/c1-19-7-8(20(2)14(27)22(4)11(7)25)16-12(19)18-15-5-6-9(23)17-13(26)21(3)10(6)24/h5,7H,1-4H3,(H2,15,17,23,24,26)/p+1. The lowest BCUT2D eigenvalue weighted by Gasteiger charge is -2.30. The fourth-order valence-corrected chi connectivity index (χ4v) is 2.68. The minimum atomic E-state index is -0.812. The minimum absolute atomic E-state index is 0.162. The molecule has 2 aliphatic rings. The quantitative estimate of drug-likeness (QED) is 0.272. The molecule has 1 aromatic rings. The van der Waals surface area contributed by atoms with Crippen LogP contribution >= 0.6 is 0 Å². The van der Waals surface area contributed by atoms with Crippen molar-refractivity contribution in [2.24, 2.45) is 12.1 Å². The normalized spacial score (nSPS) is 19.6. The van der Waals surface area contributed by atoms with Crippen LogP contribution < -0.4 is 21.3 Å². The Balaban J connectivity index is 1.89. The molecule has 13 heteroatoms. The molecular formula is C14H17N8O5+. The van der Waals surface area contributed by atoms with Gasteiger partial charge in [-0.1, -0.05) is 0 Å². The number of hydrazone groups is 1. The number of H-pyrrole nitrogens is 1. The number of carbonyl (C=O) groups excluding carboxylic acids is 2. The van der Waals surface area contributed by atoms with E-state index in [1.165, 1.54) is 30.9 Å². The number of carbonyl (C=O) groups is 2. The fourth-order valence-electron chi connectivity index (χ4n) is 2.68. The lowest BCUT2D eigenvalue weighted by Crippen LogP contribution is -2.63. The Morgan fingerprint density at radius 2 is 1.81 bits per heavy atom. The smallest absolute Gasteiger partial charge is 0.421 e. The number of guanidine groups is 1. The van der Waals surface area contributed by atoms with Gasteiger partial charge in [0, 0.05) is 21.1 Å². The molecule has 13 nitrogen and oxygen atoms in total. The van der Waals surface area contributed by atoms with Crippen molar-refractivity contribution in [2.45, 2.75) is 6.04 Å². The number of aromatic amines is 1. The second-order valence-electron chi connectivity index (χ2n) is 5.97. The van der Waals surface area contributed by atoms with Crippen molar-refractivity contribution >= 4 is 29.9 Å². The number of hydrogen-bond donors (Lipinski definition) is 3. The summed E-state index contributed by atoms with van der Waals surface area (Å²) in [6, 6.07) is -1.29. The molecule has 0 spiro atoms. The van der Waals surface area contributed by atoms with Gasteiger partial charge in [-0.15, -0.1) is 5.10 Å². The number of urea groups is 1. The van der Waals surface area contributed by atoms with Gasteiger partial charge in [0.05, 0.1) is 13.3 Å². The van der Waals surface area contributed by atoms with Gasteiger partial charge in [0.25, 0.3) is 11.5 Å². The maximum Gasteiger partial charge on any atom is 0.421 e. The molecule has 3 amide bonds. The molecule has 2 aliphatic heterocycles. The van der Waals surface area contributed by atoms with Crippen molar-refractivity contribution in [3.63, 3.8) is 0 Å². The maximum atomic E-state index is 12.3. The van der Waals surface area contributed by atoms with Gasteiger partial charge >= 0.3 is 23.5 Å². The van der Waals surface area contributed by atoms with Gasteiger partial charge in [0.15, 0.2) is 0 Å². The van der Waals surface area contributed by atoms with E-state index in [0.717, 1.165) is 15.7 Å². The minimum Gasteiger partial charge on any atom is -0.494 e. The highest BCUT2D eigenvalue weighted by Crippen LogP contribution is 2.15. The number of nitrogens with one attached hydrogen (secondary N) is 2. The third-order valence-corrected chi connectivity index (χ3v) is 4.35. The first kappa shape index (κ1) is 17.9. The molecule has 3 N–H and O–H groups in total. The van der Waals surface area contributed by atoms with Gasteiger partial charge in [-0.2, -0.15) is 5.43 Å². The molecule has 0 aliphatic carbocycles. The Labute approximate surface area is 151 Å². The van der Waals surface area contributed by atoms with Crippen LogP contribution in [0.2, 0.25) is 0 Å². The highest BCUT2D eigenvalue weighted by atomic mass is 16.3. The summed E-state index contributed by atoms with van der Waals surface area (Å²) in [5.74, 6) is -0.588. The summed E-state index contributed by atoms with van der Waals surface area (Å²) < 4.78 is 5.05. The molecule has 0 aromatic carbocycles. The number of aromatic hydroxyl groups is 1. The molecule has 1 atom stereocenters. The van der Waals surface area contributed by atoms with Crippen LogP contribution in [-0.2, 0) is 11.8 Å². The van der Waals surface area contributed by atoms with E-state index in [4.69, 9.17) is 0 Å². The zero-order valence-corrected chi connectivity index (χ0v) is 14.9. The summed E-state index contributed by atoms with van der Waals surface area (Å²) in [5, 5.41) is 13.7. The van der Waals surface area contributed by atoms with Crippen LogP contribution in [0.25, 0.3) is 0 Å². The number of fused-ring (bicyclic) bond motifs is 1. The first-order chi connectivity index (χ1) is 12.6. The molecule has 0 bridgehead atoms. The predicted octanol–water partition coefficient (Wildman–Crippen LogP) is -3.64. The second-order valence-corrected chi connectivity index (χ2v) is 5.97. The van der Waals surface area contributed by atoms with E-state index in [-0.39, 0.29) is 17.4 Å². The number of rotatable bonds is 2. The monoisotopic (exact) mass is 377 g/mol. The van der Waals surface area contributed by atoms with Crippen molar-refractivity contribution in [3.8, 4) is 5.88 Å². The first-order valence-electron chi connectivity index (χ1n) is 7.70. The Kier molecular flexibility index (Phi) is 4.08. The summed E-state index contributed by atoms with van der Waals surface area (Å²) in [5.41, 5.74) is 0.746. The molecular weight excluding hydrogens is 360 g/mol. The Morgan fingerprint density at radius 1 is 1.15 bits per heavy atom. The lowest BCUT2D eigenvalue weighted by molar-refractivity contribution is -0.130. The van der Waals surface area contributed by atoms with Gasteiger partial charge in [-0.25, -0.2) is 24.1 Å². The summed E-state index contributed by atoms with van der Waals surface area (Å²) in [7, 11) is 5.75. The van der Waals surface area contributed by atoms with Crippen LogP contribution in [0.3, 0.4) is 0 Å². The zero-order valence-electron chi connectivity index (χ0n) is 14.9. The Morgan fingerprint density at radius 3 is 2.48 bits per heavy atom. The number of hydrogen-bond acceptors (Lipinski definition) is 8. The zero-order chi connectivity index (χ0) is 20.0. The van der Waals surface area contributed by atoms with Gasteiger partial charge in [0.2, 0.25) is 11.9 Å². The Hall–Kier alpha value is -3.86. The first-order valence-corrected chi connectivity index (χ1v) is 7.70. The lowest BCUT2D eigenvalue weighted by atomic mass is 10.1. The van der Waals surface area contributed by atoms with Crippen LogP contribution in [0.4, 0.5) is 4.79 Å². The Bertz CT molecular complexity index is 1060. The third-order valence-electron chi connectivity index (χ3n) is 4.35. The van der Waals surface area contributed by atoms with Gasteiger partial charge in [-0.05, 0) is 0 Å². The largest absolute Gasteiger partial charge is 0.494 e. The number of nitrogens with zero attached hydrogens (tertiary/aromatic N) is 6. The van der Waals surface area contributed by atoms with Gasteiger partial charge in [-0.3, -0.25) is 24.0 Å². The highest BCUT2D eigenvalue weighted by molar-refractivity contribution is 6.23. The van der Waals surface area contributed by atoms with Crippen LogP contribution in [0.1, 0.15) is 5.56 Å². The third kappa shape index (κ3) is 2.66. The van der Waals surface area contributed by atoms with Crippen molar-refractivity contribution in [1.29, 1.82) is 0 Å². The molecule has 0 saturated carbocycles. The topological polar surface area (TPSA) is 157 Å². The van der Waals surface area contributed by atoms with E-state index < -0.39 is 35.1 Å². The molecule has 27 heavy (non-hydrogen) atoms. The second kappa shape index (κ2) is 6.14. The summed E-state index contributed by atoms with van der Waals surface area (Å²) in [6.07, 6.45) is 1.01. The summed E-state index contributed by atoms with van der Waals surface area (Å²) in [6.45, 7) is 0. The molecule has 0 radical (unpaired) electrons. The number of imide groups is 1. The average Bonchev–Trinajstić information content (AvgIpc) is 2.96. The van der Waals surface area contributed by atoms with Crippen LogP contribution in [0, 0.1) is 0 Å². The van der Waals surface area contributed by atoms with E-state index >= 15 is 0 Å². The number of amides is 3. The number of likely N-dealkylation sites (N-methyl/N-ethyl adjacent to an activating group) is 3. The molecule has 1 saturated heterocycles. The van der Waals surface area contributed by atoms with Crippen molar-refractivity contribution in [1.82, 2.24) is 34.3 Å². The average molecular weight is 377 g/mol. The number of aromatic nitrogens is 2. The van der Waals surface area contributed by atoms with E-state index in [2.05, 4.69) is 15.2 Å². The van der Waals surface area contributed by atoms with Crippen LogP contribution in [0.15, 0.2) is 14.7 Å². The van der Waals surface area contributed by atoms with Gasteiger partial charge < -0.3 is 5.11 Å². The van der Waals surface area contributed by atoms with Crippen molar-refractivity contribution < 1.29 is 14.7 Å². The molecule has 1 fully saturated rings. The number of amidine groups is 1. The maximum absolute atomic E-state index is 12.3. The SMILES string of the molecule is CN1C(=O)C2C(=[N+]=C(N/N=C/c3c(O)n(C)c(=O)[nH]c3=O)N2C)N(C)C1=O.